The van der Waals surface area contributed by atoms with Gasteiger partial charge in [-0.25, -0.2) is 4.98 Å². The van der Waals surface area contributed by atoms with E-state index in [1.54, 1.807) is 0 Å². The Morgan fingerprint density at radius 3 is 2.93 bits per heavy atom. The number of rotatable bonds is 6. The number of aromatic nitrogens is 1. The molecule has 0 amide bonds. The Bertz CT molecular complexity index is 304. The largest absolute Gasteiger partial charge is 0.313 e. The molecular formula is C12H20N2S. The molecule has 0 bridgehead atoms. The van der Waals surface area contributed by atoms with Crippen molar-refractivity contribution in [2.45, 2.75) is 45.6 Å². The Morgan fingerprint density at radius 2 is 2.40 bits per heavy atom. The molecule has 0 radical (unpaired) electrons. The van der Waals surface area contributed by atoms with E-state index in [9.17, 15) is 0 Å². The van der Waals surface area contributed by atoms with Gasteiger partial charge in [-0.1, -0.05) is 6.92 Å². The Hall–Kier alpha value is -0.410. The van der Waals surface area contributed by atoms with E-state index in [1.165, 1.54) is 29.1 Å². The third-order valence-electron chi connectivity index (χ3n) is 3.08. The molecule has 0 aromatic carbocycles. The van der Waals surface area contributed by atoms with Crippen molar-refractivity contribution in [3.8, 4) is 0 Å². The van der Waals surface area contributed by atoms with Crippen LogP contribution in [0.2, 0.25) is 0 Å². The minimum Gasteiger partial charge on any atom is -0.313 e. The molecule has 2 rings (SSSR count). The molecule has 3 heteroatoms. The number of nitrogens with one attached hydrogen (secondary N) is 1. The van der Waals surface area contributed by atoms with Gasteiger partial charge < -0.3 is 5.32 Å². The van der Waals surface area contributed by atoms with Crippen LogP contribution in [0, 0.1) is 12.8 Å². The van der Waals surface area contributed by atoms with E-state index in [2.05, 4.69) is 24.1 Å². The molecule has 0 aliphatic heterocycles. The van der Waals surface area contributed by atoms with E-state index in [0.717, 1.165) is 24.9 Å². The van der Waals surface area contributed by atoms with Crippen LogP contribution in [0.4, 0.5) is 0 Å². The van der Waals surface area contributed by atoms with Gasteiger partial charge in [0.1, 0.15) is 0 Å². The Morgan fingerprint density at radius 1 is 1.60 bits per heavy atom. The van der Waals surface area contributed by atoms with E-state index in [1.807, 2.05) is 17.5 Å². The second-order valence-electron chi connectivity index (χ2n) is 4.40. The van der Waals surface area contributed by atoms with Crippen LogP contribution in [-0.2, 0) is 6.42 Å². The van der Waals surface area contributed by atoms with Crippen LogP contribution >= 0.6 is 11.3 Å². The van der Waals surface area contributed by atoms with E-state index in [4.69, 9.17) is 0 Å². The van der Waals surface area contributed by atoms with Crippen molar-refractivity contribution in [1.29, 1.82) is 0 Å². The molecule has 1 fully saturated rings. The molecule has 1 atom stereocenters. The average Bonchev–Trinajstić information content (AvgIpc) is 2.98. The lowest BCUT2D eigenvalue weighted by molar-refractivity contribution is 0.454. The summed E-state index contributed by atoms with van der Waals surface area (Å²) < 4.78 is 0. The molecule has 1 N–H and O–H groups in total. The molecular weight excluding hydrogens is 204 g/mol. The summed E-state index contributed by atoms with van der Waals surface area (Å²) in [6.45, 7) is 5.46. The number of hydrogen-bond donors (Lipinski definition) is 1. The molecule has 1 aromatic rings. The van der Waals surface area contributed by atoms with Gasteiger partial charge in [0.15, 0.2) is 0 Å². The quantitative estimate of drug-likeness (QED) is 0.803. The highest BCUT2D eigenvalue weighted by Crippen LogP contribution is 2.33. The lowest BCUT2D eigenvalue weighted by Gasteiger charge is -2.15. The smallest absolute Gasteiger partial charge is 0.0896 e. The van der Waals surface area contributed by atoms with Gasteiger partial charge in [-0.3, -0.25) is 0 Å². The molecule has 1 heterocycles. The van der Waals surface area contributed by atoms with Crippen molar-refractivity contribution in [2.24, 2.45) is 5.92 Å². The Balaban J connectivity index is 1.69. The number of aryl methyl sites for hydroxylation is 1. The SMILES string of the molecule is CCC(NCCc1cnc(C)s1)C1CC1. The van der Waals surface area contributed by atoms with Gasteiger partial charge in [-0.2, -0.15) is 0 Å². The third kappa shape index (κ3) is 3.28. The number of hydrogen-bond acceptors (Lipinski definition) is 3. The molecule has 1 aliphatic rings. The van der Waals surface area contributed by atoms with Crippen LogP contribution in [0.5, 0.6) is 0 Å². The van der Waals surface area contributed by atoms with Crippen LogP contribution in [0.15, 0.2) is 6.20 Å². The molecule has 0 saturated heterocycles. The lowest BCUT2D eigenvalue weighted by atomic mass is 10.1. The predicted molar refractivity (Wildman–Crippen MR) is 65.4 cm³/mol. The molecule has 1 unspecified atom stereocenters. The summed E-state index contributed by atoms with van der Waals surface area (Å²) in [5, 5.41) is 4.85. The van der Waals surface area contributed by atoms with Crippen molar-refractivity contribution in [1.82, 2.24) is 10.3 Å². The monoisotopic (exact) mass is 224 g/mol. The predicted octanol–water partition coefficient (Wildman–Crippen LogP) is 2.77. The van der Waals surface area contributed by atoms with Crippen LogP contribution in [0.3, 0.4) is 0 Å². The van der Waals surface area contributed by atoms with E-state index < -0.39 is 0 Å². The summed E-state index contributed by atoms with van der Waals surface area (Å²) in [5.41, 5.74) is 0. The summed E-state index contributed by atoms with van der Waals surface area (Å²) in [6, 6.07) is 0.763. The zero-order valence-corrected chi connectivity index (χ0v) is 10.4. The minimum absolute atomic E-state index is 0.763. The first-order valence-electron chi connectivity index (χ1n) is 5.94. The first kappa shape index (κ1) is 11.1. The Labute approximate surface area is 96.1 Å². The molecule has 1 aliphatic carbocycles. The van der Waals surface area contributed by atoms with E-state index >= 15 is 0 Å². The fourth-order valence-electron chi connectivity index (χ4n) is 2.04. The van der Waals surface area contributed by atoms with Gasteiger partial charge in [0.05, 0.1) is 5.01 Å². The number of nitrogens with zero attached hydrogens (tertiary/aromatic N) is 1. The highest BCUT2D eigenvalue weighted by Gasteiger charge is 2.29. The maximum Gasteiger partial charge on any atom is 0.0896 e. The summed E-state index contributed by atoms with van der Waals surface area (Å²) in [6.07, 6.45) is 7.29. The zero-order valence-electron chi connectivity index (χ0n) is 9.62. The van der Waals surface area contributed by atoms with Crippen molar-refractivity contribution in [3.63, 3.8) is 0 Å². The fraction of sp³-hybridized carbons (Fsp3) is 0.750. The highest BCUT2D eigenvalue weighted by molar-refractivity contribution is 7.11. The van der Waals surface area contributed by atoms with Gasteiger partial charge >= 0.3 is 0 Å². The topological polar surface area (TPSA) is 24.9 Å². The second-order valence-corrected chi connectivity index (χ2v) is 5.72. The first-order valence-corrected chi connectivity index (χ1v) is 6.76. The number of thiazole rings is 1. The summed E-state index contributed by atoms with van der Waals surface area (Å²) in [7, 11) is 0. The maximum absolute atomic E-state index is 4.27. The van der Waals surface area contributed by atoms with Crippen LogP contribution in [0.1, 0.15) is 36.1 Å². The molecule has 1 saturated carbocycles. The van der Waals surface area contributed by atoms with Gasteiger partial charge in [0.25, 0.3) is 0 Å². The van der Waals surface area contributed by atoms with Gasteiger partial charge in [-0.05, 0) is 38.5 Å². The standard InChI is InChI=1S/C12H20N2S/c1-3-12(10-4-5-10)13-7-6-11-8-14-9(2)15-11/h8,10,12-13H,3-7H2,1-2H3. The van der Waals surface area contributed by atoms with Crippen LogP contribution in [0.25, 0.3) is 0 Å². The van der Waals surface area contributed by atoms with Crippen molar-refractivity contribution in [3.05, 3.63) is 16.1 Å². The average molecular weight is 224 g/mol. The van der Waals surface area contributed by atoms with Gasteiger partial charge in [0.2, 0.25) is 0 Å². The van der Waals surface area contributed by atoms with E-state index in [0.29, 0.717) is 0 Å². The summed E-state index contributed by atoms with van der Waals surface area (Å²) >= 11 is 1.82. The zero-order chi connectivity index (χ0) is 10.7. The van der Waals surface area contributed by atoms with Crippen molar-refractivity contribution >= 4 is 11.3 Å². The molecule has 15 heavy (non-hydrogen) atoms. The molecule has 2 nitrogen and oxygen atoms in total. The maximum atomic E-state index is 4.27. The highest BCUT2D eigenvalue weighted by atomic mass is 32.1. The van der Waals surface area contributed by atoms with Crippen molar-refractivity contribution < 1.29 is 0 Å². The van der Waals surface area contributed by atoms with Crippen molar-refractivity contribution in [2.75, 3.05) is 6.54 Å². The fourth-order valence-corrected chi connectivity index (χ4v) is 2.84. The normalized spacial score (nSPS) is 18.0. The second kappa shape index (κ2) is 5.08. The lowest BCUT2D eigenvalue weighted by Crippen LogP contribution is -2.31. The summed E-state index contributed by atoms with van der Waals surface area (Å²) in [5.74, 6) is 0.971. The molecule has 1 aromatic heterocycles. The summed E-state index contributed by atoms with van der Waals surface area (Å²) in [4.78, 5) is 5.68. The molecule has 84 valence electrons. The van der Waals surface area contributed by atoms with E-state index in [-0.39, 0.29) is 0 Å². The Kier molecular flexibility index (Phi) is 3.76. The van der Waals surface area contributed by atoms with Crippen LogP contribution in [-0.4, -0.2) is 17.6 Å². The molecule has 0 spiro atoms. The van der Waals surface area contributed by atoms with Gasteiger partial charge in [0, 0.05) is 23.7 Å². The minimum atomic E-state index is 0.763. The third-order valence-corrected chi connectivity index (χ3v) is 4.05. The van der Waals surface area contributed by atoms with Gasteiger partial charge in [-0.15, -0.1) is 11.3 Å². The van der Waals surface area contributed by atoms with Crippen LogP contribution < -0.4 is 5.32 Å². The first-order chi connectivity index (χ1) is 7.29.